The SMILES string of the molecule is Cc1cc(Cl)c(C)c(S(=O)(=O)Nc2ccc(C(=O)N3CCCC3)cc2)c1Cl. The maximum absolute atomic E-state index is 12.8. The molecule has 8 heteroatoms. The number of carbonyl (C=O) groups excluding carboxylic acids is 1. The van der Waals surface area contributed by atoms with E-state index < -0.39 is 10.0 Å². The molecule has 5 nitrogen and oxygen atoms in total. The third-order valence-corrected chi connectivity index (χ3v) is 7.18. The molecule has 3 rings (SSSR count). The van der Waals surface area contributed by atoms with E-state index >= 15 is 0 Å². The first kappa shape index (κ1) is 20.0. The second kappa shape index (κ2) is 7.70. The highest BCUT2D eigenvalue weighted by Crippen LogP contribution is 2.34. The molecule has 0 saturated carbocycles. The number of aryl methyl sites for hydroxylation is 1. The number of rotatable bonds is 4. The Morgan fingerprint density at radius 1 is 1.07 bits per heavy atom. The van der Waals surface area contributed by atoms with Crippen molar-refractivity contribution in [2.75, 3.05) is 17.8 Å². The maximum Gasteiger partial charge on any atom is 0.263 e. The predicted octanol–water partition coefficient (Wildman–Crippen LogP) is 4.65. The lowest BCUT2D eigenvalue weighted by Crippen LogP contribution is -2.27. The van der Waals surface area contributed by atoms with Crippen LogP contribution in [0.1, 0.15) is 34.3 Å². The molecule has 1 aliphatic heterocycles. The highest BCUT2D eigenvalue weighted by atomic mass is 35.5. The quantitative estimate of drug-likeness (QED) is 0.773. The average molecular weight is 427 g/mol. The molecule has 27 heavy (non-hydrogen) atoms. The number of carbonyl (C=O) groups is 1. The van der Waals surface area contributed by atoms with Crippen LogP contribution in [0.5, 0.6) is 0 Å². The average Bonchev–Trinajstić information content (AvgIpc) is 3.14. The summed E-state index contributed by atoms with van der Waals surface area (Å²) in [5.74, 6) is -0.0359. The van der Waals surface area contributed by atoms with E-state index in [2.05, 4.69) is 4.72 Å². The van der Waals surface area contributed by atoms with Gasteiger partial charge in [0.25, 0.3) is 15.9 Å². The van der Waals surface area contributed by atoms with Crippen molar-refractivity contribution in [3.63, 3.8) is 0 Å². The zero-order chi connectivity index (χ0) is 19.8. The van der Waals surface area contributed by atoms with Gasteiger partial charge in [0.05, 0.1) is 5.02 Å². The molecule has 0 unspecified atom stereocenters. The standard InChI is InChI=1S/C19H20Cl2N2O3S/c1-12-11-16(20)13(2)18(17(12)21)27(25,26)22-15-7-5-14(6-8-15)19(24)23-9-3-4-10-23/h5-8,11,22H,3-4,9-10H2,1-2H3. The summed E-state index contributed by atoms with van der Waals surface area (Å²) in [4.78, 5) is 14.2. The van der Waals surface area contributed by atoms with Gasteiger partial charge in [-0.05, 0) is 68.1 Å². The van der Waals surface area contributed by atoms with Gasteiger partial charge in [0.2, 0.25) is 0 Å². The van der Waals surface area contributed by atoms with Gasteiger partial charge in [-0.3, -0.25) is 9.52 Å². The van der Waals surface area contributed by atoms with E-state index in [1.165, 1.54) is 0 Å². The second-order valence-corrected chi connectivity index (χ2v) is 9.03. The summed E-state index contributed by atoms with van der Waals surface area (Å²) < 4.78 is 28.2. The molecule has 1 fully saturated rings. The molecule has 0 bridgehead atoms. The Hall–Kier alpha value is -1.76. The van der Waals surface area contributed by atoms with Crippen LogP contribution in [0.3, 0.4) is 0 Å². The van der Waals surface area contributed by atoms with Crippen molar-refractivity contribution in [1.29, 1.82) is 0 Å². The Morgan fingerprint density at radius 2 is 1.67 bits per heavy atom. The lowest BCUT2D eigenvalue weighted by Gasteiger charge is -2.16. The first-order chi connectivity index (χ1) is 12.7. The molecule has 1 aliphatic rings. The minimum absolute atomic E-state index is 0.0358. The van der Waals surface area contributed by atoms with Crippen molar-refractivity contribution >= 4 is 44.8 Å². The van der Waals surface area contributed by atoms with Crippen LogP contribution in [0.25, 0.3) is 0 Å². The Morgan fingerprint density at radius 3 is 2.26 bits per heavy atom. The van der Waals surface area contributed by atoms with Crippen LogP contribution < -0.4 is 4.72 Å². The van der Waals surface area contributed by atoms with E-state index in [1.54, 1.807) is 49.1 Å². The van der Waals surface area contributed by atoms with Crippen molar-refractivity contribution in [2.24, 2.45) is 0 Å². The Balaban J connectivity index is 1.86. The zero-order valence-electron chi connectivity index (χ0n) is 15.1. The van der Waals surface area contributed by atoms with E-state index in [0.717, 1.165) is 25.9 Å². The van der Waals surface area contributed by atoms with E-state index in [4.69, 9.17) is 23.2 Å². The predicted molar refractivity (Wildman–Crippen MR) is 108 cm³/mol. The van der Waals surface area contributed by atoms with Gasteiger partial charge in [0, 0.05) is 29.4 Å². The number of hydrogen-bond acceptors (Lipinski definition) is 3. The smallest absolute Gasteiger partial charge is 0.263 e. The molecule has 0 spiro atoms. The van der Waals surface area contributed by atoms with Crippen molar-refractivity contribution in [2.45, 2.75) is 31.6 Å². The van der Waals surface area contributed by atoms with Gasteiger partial charge < -0.3 is 4.90 Å². The van der Waals surface area contributed by atoms with Gasteiger partial charge in [-0.2, -0.15) is 0 Å². The Labute approximate surface area is 169 Å². The number of amides is 1. The monoisotopic (exact) mass is 426 g/mol. The first-order valence-corrected chi connectivity index (χ1v) is 10.8. The van der Waals surface area contributed by atoms with Crippen LogP contribution in [-0.4, -0.2) is 32.3 Å². The third-order valence-electron chi connectivity index (χ3n) is 4.63. The van der Waals surface area contributed by atoms with Gasteiger partial charge in [0.1, 0.15) is 4.90 Å². The zero-order valence-corrected chi connectivity index (χ0v) is 17.4. The van der Waals surface area contributed by atoms with Gasteiger partial charge in [-0.25, -0.2) is 8.42 Å². The number of benzene rings is 2. The molecule has 1 heterocycles. The number of nitrogens with zero attached hydrogens (tertiary/aromatic N) is 1. The fourth-order valence-electron chi connectivity index (χ4n) is 3.12. The molecule has 2 aromatic carbocycles. The van der Waals surface area contributed by atoms with Crippen molar-refractivity contribution in [1.82, 2.24) is 4.90 Å². The van der Waals surface area contributed by atoms with Crippen LogP contribution in [0.4, 0.5) is 5.69 Å². The minimum atomic E-state index is -3.93. The molecule has 144 valence electrons. The lowest BCUT2D eigenvalue weighted by atomic mass is 10.2. The van der Waals surface area contributed by atoms with Gasteiger partial charge in [-0.15, -0.1) is 0 Å². The van der Waals surface area contributed by atoms with Gasteiger partial charge in [-0.1, -0.05) is 23.2 Å². The van der Waals surface area contributed by atoms with E-state index in [-0.39, 0.29) is 15.8 Å². The van der Waals surface area contributed by atoms with Crippen molar-refractivity contribution < 1.29 is 13.2 Å². The molecule has 0 aromatic heterocycles. The number of nitrogens with one attached hydrogen (secondary N) is 1. The fraction of sp³-hybridized carbons (Fsp3) is 0.316. The molecule has 1 amide bonds. The van der Waals surface area contributed by atoms with Gasteiger partial charge >= 0.3 is 0 Å². The molecular weight excluding hydrogens is 407 g/mol. The summed E-state index contributed by atoms with van der Waals surface area (Å²) in [6.45, 7) is 4.84. The molecule has 0 atom stereocenters. The molecule has 0 radical (unpaired) electrons. The molecule has 0 aliphatic carbocycles. The Bertz CT molecular complexity index is 957. The topological polar surface area (TPSA) is 66.5 Å². The highest BCUT2D eigenvalue weighted by molar-refractivity contribution is 7.93. The molecule has 2 aromatic rings. The molecule has 1 saturated heterocycles. The van der Waals surface area contributed by atoms with Crippen LogP contribution in [0.2, 0.25) is 10.0 Å². The van der Waals surface area contributed by atoms with E-state index in [0.29, 0.717) is 27.4 Å². The van der Waals surface area contributed by atoms with Crippen LogP contribution in [-0.2, 0) is 10.0 Å². The van der Waals surface area contributed by atoms with Crippen LogP contribution >= 0.6 is 23.2 Å². The number of halogens is 2. The number of anilines is 1. The van der Waals surface area contributed by atoms with E-state index in [1.807, 2.05) is 0 Å². The highest BCUT2D eigenvalue weighted by Gasteiger charge is 2.24. The summed E-state index contributed by atoms with van der Waals surface area (Å²) >= 11 is 12.4. The van der Waals surface area contributed by atoms with Crippen LogP contribution in [0, 0.1) is 13.8 Å². The maximum atomic E-state index is 12.8. The summed E-state index contributed by atoms with van der Waals surface area (Å²) in [5, 5.41) is 0.481. The second-order valence-electron chi connectivity index (χ2n) is 6.63. The first-order valence-electron chi connectivity index (χ1n) is 8.58. The fourth-order valence-corrected chi connectivity index (χ4v) is 5.40. The van der Waals surface area contributed by atoms with E-state index in [9.17, 15) is 13.2 Å². The van der Waals surface area contributed by atoms with Crippen LogP contribution in [0.15, 0.2) is 35.2 Å². The number of likely N-dealkylation sites (tertiary alicyclic amines) is 1. The van der Waals surface area contributed by atoms with Crippen molar-refractivity contribution in [3.05, 3.63) is 57.1 Å². The van der Waals surface area contributed by atoms with Crippen molar-refractivity contribution in [3.8, 4) is 0 Å². The lowest BCUT2D eigenvalue weighted by molar-refractivity contribution is 0.0793. The van der Waals surface area contributed by atoms with Gasteiger partial charge in [0.15, 0.2) is 0 Å². The minimum Gasteiger partial charge on any atom is -0.339 e. The largest absolute Gasteiger partial charge is 0.339 e. The summed E-state index contributed by atoms with van der Waals surface area (Å²) in [6.07, 6.45) is 2.03. The number of hydrogen-bond donors (Lipinski definition) is 1. The molecular formula is C19H20Cl2N2O3S. The summed E-state index contributed by atoms with van der Waals surface area (Å²) in [6, 6.07) is 8.02. The summed E-state index contributed by atoms with van der Waals surface area (Å²) in [5.41, 5.74) is 1.86. The normalized spacial score (nSPS) is 14.4. The molecule has 1 N–H and O–H groups in total. The number of sulfonamides is 1. The third kappa shape index (κ3) is 4.08. The Kier molecular flexibility index (Phi) is 5.70. The summed E-state index contributed by atoms with van der Waals surface area (Å²) in [7, 11) is -3.93.